The summed E-state index contributed by atoms with van der Waals surface area (Å²) in [4.78, 5) is 16.3. The van der Waals surface area contributed by atoms with Crippen LogP contribution in [0.5, 0.6) is 0 Å². The molecule has 110 valence electrons. The largest absolute Gasteiger partial charge is 0.319 e. The third kappa shape index (κ3) is 3.25. The summed E-state index contributed by atoms with van der Waals surface area (Å²) >= 11 is 0. The molecule has 1 aliphatic rings. The molecule has 7 nitrogen and oxygen atoms in total. The maximum Gasteiger partial charge on any atom is 0.277 e. The van der Waals surface area contributed by atoms with Gasteiger partial charge in [0, 0.05) is 5.69 Å². The Labute approximate surface area is 122 Å². The number of rotatable bonds is 3. The van der Waals surface area contributed by atoms with E-state index in [2.05, 4.69) is 25.9 Å². The van der Waals surface area contributed by atoms with Crippen LogP contribution in [-0.2, 0) is 0 Å². The number of hydrogen-bond donors (Lipinski definition) is 2. The molecule has 0 aromatic carbocycles. The number of pyridine rings is 1. The first-order chi connectivity index (χ1) is 10.2. The summed E-state index contributed by atoms with van der Waals surface area (Å²) in [5, 5.41) is 14.1. The number of carbonyl (C=O) groups excluding carboxylic acids is 1. The smallest absolute Gasteiger partial charge is 0.277 e. The van der Waals surface area contributed by atoms with Crippen molar-refractivity contribution in [1.82, 2.24) is 25.3 Å². The molecule has 0 saturated carbocycles. The van der Waals surface area contributed by atoms with Crippen LogP contribution in [0.15, 0.2) is 24.5 Å². The maximum absolute atomic E-state index is 12.1. The Balaban J connectivity index is 1.67. The lowest BCUT2D eigenvalue weighted by atomic mass is 10.1. The van der Waals surface area contributed by atoms with Crippen molar-refractivity contribution in [3.63, 3.8) is 0 Å². The van der Waals surface area contributed by atoms with Gasteiger partial charge in [-0.15, -0.1) is 5.10 Å². The van der Waals surface area contributed by atoms with Gasteiger partial charge < -0.3 is 10.6 Å². The quantitative estimate of drug-likeness (QED) is 0.884. The molecular formula is C14H18N6O. The molecule has 0 aliphatic carbocycles. The first-order valence-electron chi connectivity index (χ1n) is 7.09. The van der Waals surface area contributed by atoms with Gasteiger partial charge in [0.15, 0.2) is 5.69 Å². The Morgan fingerprint density at radius 1 is 1.38 bits per heavy atom. The molecule has 1 aliphatic heterocycles. The number of nitrogens with one attached hydrogen (secondary N) is 2. The minimum absolute atomic E-state index is 0.263. The normalized spacial score (nSPS) is 15.9. The van der Waals surface area contributed by atoms with E-state index in [9.17, 15) is 4.79 Å². The highest BCUT2D eigenvalue weighted by Crippen LogP contribution is 2.17. The number of nitrogens with zero attached hydrogens (tertiary/aromatic N) is 4. The van der Waals surface area contributed by atoms with Gasteiger partial charge >= 0.3 is 0 Å². The average molecular weight is 286 g/mol. The van der Waals surface area contributed by atoms with Crippen molar-refractivity contribution in [2.45, 2.75) is 25.8 Å². The van der Waals surface area contributed by atoms with Gasteiger partial charge in [0.1, 0.15) is 0 Å². The van der Waals surface area contributed by atoms with E-state index in [-0.39, 0.29) is 5.91 Å². The van der Waals surface area contributed by atoms with E-state index in [0.717, 1.165) is 31.6 Å². The monoisotopic (exact) mass is 286 g/mol. The fourth-order valence-electron chi connectivity index (χ4n) is 2.37. The predicted octanol–water partition coefficient (Wildman–Crippen LogP) is 1.16. The third-order valence-corrected chi connectivity index (χ3v) is 3.59. The highest BCUT2D eigenvalue weighted by atomic mass is 16.2. The molecule has 2 aromatic rings. The molecule has 2 aromatic heterocycles. The van der Waals surface area contributed by atoms with Crippen molar-refractivity contribution in [3.8, 4) is 0 Å². The second-order valence-corrected chi connectivity index (χ2v) is 5.21. The van der Waals surface area contributed by atoms with E-state index in [1.165, 1.54) is 0 Å². The van der Waals surface area contributed by atoms with E-state index < -0.39 is 0 Å². The van der Waals surface area contributed by atoms with Crippen LogP contribution < -0.4 is 10.6 Å². The van der Waals surface area contributed by atoms with Gasteiger partial charge in [-0.25, -0.2) is 4.68 Å². The van der Waals surface area contributed by atoms with Crippen LogP contribution in [0.3, 0.4) is 0 Å². The van der Waals surface area contributed by atoms with Crippen LogP contribution in [0.4, 0.5) is 5.69 Å². The number of amides is 1. The van der Waals surface area contributed by atoms with Gasteiger partial charge in [0.25, 0.3) is 5.91 Å². The molecule has 0 unspecified atom stereocenters. The van der Waals surface area contributed by atoms with Crippen molar-refractivity contribution in [1.29, 1.82) is 0 Å². The highest BCUT2D eigenvalue weighted by Gasteiger charge is 2.18. The van der Waals surface area contributed by atoms with Crippen molar-refractivity contribution in [3.05, 3.63) is 35.9 Å². The topological polar surface area (TPSA) is 84.7 Å². The Morgan fingerprint density at radius 2 is 2.19 bits per heavy atom. The Morgan fingerprint density at radius 3 is 2.90 bits per heavy atom. The molecule has 0 bridgehead atoms. The highest BCUT2D eigenvalue weighted by molar-refractivity contribution is 6.02. The lowest BCUT2D eigenvalue weighted by Crippen LogP contribution is -2.29. The van der Waals surface area contributed by atoms with Gasteiger partial charge in [0.05, 0.1) is 24.1 Å². The van der Waals surface area contributed by atoms with Crippen LogP contribution in [0.2, 0.25) is 0 Å². The lowest BCUT2D eigenvalue weighted by molar-refractivity contribution is 0.102. The molecule has 0 radical (unpaired) electrons. The Bertz CT molecular complexity index is 615. The molecule has 0 atom stereocenters. The number of carbonyl (C=O) groups is 1. The van der Waals surface area contributed by atoms with Gasteiger partial charge in [-0.05, 0) is 45.0 Å². The summed E-state index contributed by atoms with van der Waals surface area (Å²) in [5.74, 6) is -0.263. The summed E-state index contributed by atoms with van der Waals surface area (Å²) in [5.41, 5.74) is 1.89. The van der Waals surface area contributed by atoms with Crippen molar-refractivity contribution < 1.29 is 4.79 Å². The van der Waals surface area contributed by atoms with Gasteiger partial charge in [-0.2, -0.15) is 0 Å². The molecule has 3 heterocycles. The molecule has 1 amide bonds. The predicted molar refractivity (Wildman–Crippen MR) is 78.1 cm³/mol. The second kappa shape index (κ2) is 6.01. The third-order valence-electron chi connectivity index (χ3n) is 3.59. The molecule has 2 N–H and O–H groups in total. The van der Waals surface area contributed by atoms with Crippen LogP contribution in [0.1, 0.15) is 35.1 Å². The van der Waals surface area contributed by atoms with Gasteiger partial charge in [-0.1, -0.05) is 5.21 Å². The molecule has 7 heteroatoms. The van der Waals surface area contributed by atoms with Gasteiger partial charge in [0.2, 0.25) is 0 Å². The van der Waals surface area contributed by atoms with Crippen LogP contribution in [0.25, 0.3) is 0 Å². The van der Waals surface area contributed by atoms with Gasteiger partial charge in [-0.3, -0.25) is 9.78 Å². The Hall–Kier alpha value is -2.28. The number of aromatic nitrogens is 4. The molecule has 3 rings (SSSR count). The lowest BCUT2D eigenvalue weighted by Gasteiger charge is -2.22. The minimum Gasteiger partial charge on any atom is -0.319 e. The first-order valence-corrected chi connectivity index (χ1v) is 7.09. The number of anilines is 1. The zero-order valence-corrected chi connectivity index (χ0v) is 11.9. The van der Waals surface area contributed by atoms with E-state index in [0.29, 0.717) is 17.4 Å². The fourth-order valence-corrected chi connectivity index (χ4v) is 2.37. The van der Waals surface area contributed by atoms with E-state index in [1.807, 2.05) is 19.1 Å². The summed E-state index contributed by atoms with van der Waals surface area (Å²) in [7, 11) is 0. The summed E-state index contributed by atoms with van der Waals surface area (Å²) < 4.78 is 1.79. The molecule has 0 spiro atoms. The minimum atomic E-state index is -0.263. The summed E-state index contributed by atoms with van der Waals surface area (Å²) in [6, 6.07) is 3.99. The zero-order valence-electron chi connectivity index (χ0n) is 11.9. The zero-order chi connectivity index (χ0) is 14.7. The molecule has 21 heavy (non-hydrogen) atoms. The van der Waals surface area contributed by atoms with Crippen LogP contribution in [-0.4, -0.2) is 39.0 Å². The van der Waals surface area contributed by atoms with Crippen LogP contribution in [0, 0.1) is 6.92 Å². The summed E-state index contributed by atoms with van der Waals surface area (Å²) in [6.07, 6.45) is 5.36. The molecular weight excluding hydrogens is 268 g/mol. The fraction of sp³-hybridized carbons (Fsp3) is 0.429. The van der Waals surface area contributed by atoms with Crippen LogP contribution >= 0.6 is 0 Å². The van der Waals surface area contributed by atoms with E-state index >= 15 is 0 Å². The number of piperidine rings is 1. The van der Waals surface area contributed by atoms with Crippen molar-refractivity contribution in [2.24, 2.45) is 0 Å². The van der Waals surface area contributed by atoms with E-state index in [4.69, 9.17) is 0 Å². The number of aryl methyl sites for hydroxylation is 1. The summed E-state index contributed by atoms with van der Waals surface area (Å²) in [6.45, 7) is 3.85. The standard InChI is InChI=1S/C14H18N6O/c1-10-2-3-11(8-16-10)17-14(21)13-9-20(19-18-13)12-4-6-15-7-5-12/h2-3,8-9,12,15H,4-7H2,1H3,(H,17,21). The van der Waals surface area contributed by atoms with Crippen molar-refractivity contribution in [2.75, 3.05) is 18.4 Å². The van der Waals surface area contributed by atoms with Crippen molar-refractivity contribution >= 4 is 11.6 Å². The maximum atomic E-state index is 12.1. The first kappa shape index (κ1) is 13.7. The number of hydrogen-bond acceptors (Lipinski definition) is 5. The second-order valence-electron chi connectivity index (χ2n) is 5.21. The molecule has 1 fully saturated rings. The van der Waals surface area contributed by atoms with E-state index in [1.54, 1.807) is 17.1 Å². The Kier molecular flexibility index (Phi) is 3.92. The molecule has 1 saturated heterocycles. The SMILES string of the molecule is Cc1ccc(NC(=O)c2cn(C3CCNCC3)nn2)cn1. The average Bonchev–Trinajstić information content (AvgIpc) is 3.00.